The SMILES string of the molecule is COc1ccc(CCC2=NC(=O)NC(c3ccc(OC)nc3)C2C(=O)OCc2ccccc2)cc1. The van der Waals surface area contributed by atoms with E-state index in [0.29, 0.717) is 30.0 Å². The minimum absolute atomic E-state index is 0.128. The third-order valence-electron chi connectivity index (χ3n) is 5.85. The molecule has 1 aliphatic heterocycles. The Morgan fingerprint density at radius 3 is 2.34 bits per heavy atom. The predicted octanol–water partition coefficient (Wildman–Crippen LogP) is 4.30. The van der Waals surface area contributed by atoms with Gasteiger partial charge in [-0.25, -0.2) is 14.8 Å². The number of benzene rings is 2. The molecule has 2 heterocycles. The number of urea groups is 1. The molecule has 8 heteroatoms. The van der Waals surface area contributed by atoms with Gasteiger partial charge in [-0.3, -0.25) is 4.79 Å². The second kappa shape index (κ2) is 11.3. The number of nitrogens with one attached hydrogen (secondary N) is 1. The number of rotatable bonds is 9. The third-order valence-corrected chi connectivity index (χ3v) is 5.85. The number of hydrogen-bond acceptors (Lipinski definition) is 6. The van der Waals surface area contributed by atoms with Crippen molar-refractivity contribution in [2.75, 3.05) is 14.2 Å². The highest BCUT2D eigenvalue weighted by atomic mass is 16.5. The van der Waals surface area contributed by atoms with Crippen LogP contribution in [0.2, 0.25) is 0 Å². The second-order valence-electron chi connectivity index (χ2n) is 8.08. The molecule has 0 saturated heterocycles. The molecule has 0 spiro atoms. The van der Waals surface area contributed by atoms with Crippen molar-refractivity contribution in [3.63, 3.8) is 0 Å². The molecule has 0 aliphatic carbocycles. The smallest absolute Gasteiger partial charge is 0.341 e. The number of aromatic nitrogens is 1. The molecule has 2 aromatic carbocycles. The third kappa shape index (κ3) is 6.03. The normalized spacial score (nSPS) is 17.2. The zero-order chi connectivity index (χ0) is 24.6. The number of hydrogen-bond donors (Lipinski definition) is 1. The van der Waals surface area contributed by atoms with Gasteiger partial charge < -0.3 is 19.5 Å². The quantitative estimate of drug-likeness (QED) is 0.466. The van der Waals surface area contributed by atoms with E-state index < -0.39 is 24.0 Å². The van der Waals surface area contributed by atoms with Gasteiger partial charge in [0, 0.05) is 18.0 Å². The lowest BCUT2D eigenvalue weighted by Crippen LogP contribution is -2.45. The van der Waals surface area contributed by atoms with Crippen LogP contribution in [0.4, 0.5) is 4.79 Å². The maximum Gasteiger partial charge on any atom is 0.341 e. The van der Waals surface area contributed by atoms with Crippen molar-refractivity contribution in [3.8, 4) is 11.6 Å². The number of nitrogens with zero attached hydrogens (tertiary/aromatic N) is 2. The molecule has 0 saturated carbocycles. The van der Waals surface area contributed by atoms with Gasteiger partial charge in [-0.1, -0.05) is 48.5 Å². The van der Waals surface area contributed by atoms with Crippen LogP contribution >= 0.6 is 0 Å². The van der Waals surface area contributed by atoms with Crippen molar-refractivity contribution >= 4 is 17.7 Å². The number of methoxy groups -OCH3 is 2. The van der Waals surface area contributed by atoms with Crippen LogP contribution in [0.1, 0.15) is 29.2 Å². The molecule has 180 valence electrons. The van der Waals surface area contributed by atoms with E-state index in [4.69, 9.17) is 14.2 Å². The molecule has 0 radical (unpaired) electrons. The van der Waals surface area contributed by atoms with Crippen LogP contribution in [0.15, 0.2) is 77.9 Å². The molecule has 1 aliphatic rings. The van der Waals surface area contributed by atoms with E-state index in [9.17, 15) is 9.59 Å². The fourth-order valence-corrected chi connectivity index (χ4v) is 3.98. The van der Waals surface area contributed by atoms with Crippen molar-refractivity contribution in [3.05, 3.63) is 89.6 Å². The Hall–Kier alpha value is -4.20. The zero-order valence-corrected chi connectivity index (χ0v) is 19.6. The highest BCUT2D eigenvalue weighted by Crippen LogP contribution is 2.30. The van der Waals surface area contributed by atoms with Crippen molar-refractivity contribution in [2.45, 2.75) is 25.5 Å². The van der Waals surface area contributed by atoms with Crippen LogP contribution in [-0.4, -0.2) is 36.9 Å². The van der Waals surface area contributed by atoms with Crippen LogP contribution < -0.4 is 14.8 Å². The lowest BCUT2D eigenvalue weighted by molar-refractivity contribution is -0.148. The number of esters is 1. The number of amides is 2. The molecule has 2 amide bonds. The van der Waals surface area contributed by atoms with Crippen LogP contribution in [0.3, 0.4) is 0 Å². The predicted molar refractivity (Wildman–Crippen MR) is 131 cm³/mol. The van der Waals surface area contributed by atoms with E-state index in [-0.39, 0.29) is 6.61 Å². The Morgan fingerprint density at radius 2 is 1.69 bits per heavy atom. The van der Waals surface area contributed by atoms with E-state index >= 15 is 0 Å². The van der Waals surface area contributed by atoms with E-state index in [1.54, 1.807) is 25.4 Å². The van der Waals surface area contributed by atoms with Gasteiger partial charge in [0.15, 0.2) is 0 Å². The van der Waals surface area contributed by atoms with Crippen LogP contribution in [-0.2, 0) is 22.6 Å². The first-order valence-electron chi connectivity index (χ1n) is 11.3. The maximum atomic E-state index is 13.4. The molecule has 0 bridgehead atoms. The lowest BCUT2D eigenvalue weighted by atomic mass is 9.86. The van der Waals surface area contributed by atoms with Gasteiger partial charge in [0.2, 0.25) is 5.88 Å². The molecule has 1 N–H and O–H groups in total. The van der Waals surface area contributed by atoms with Crippen molar-refractivity contribution in [2.24, 2.45) is 10.9 Å². The highest BCUT2D eigenvalue weighted by molar-refractivity contribution is 6.09. The number of aryl methyl sites for hydroxylation is 1. The van der Waals surface area contributed by atoms with Gasteiger partial charge in [-0.05, 0) is 41.7 Å². The second-order valence-corrected chi connectivity index (χ2v) is 8.08. The fraction of sp³-hybridized carbons (Fsp3) is 0.259. The summed E-state index contributed by atoms with van der Waals surface area (Å²) in [6, 6.07) is 19.4. The Labute approximate surface area is 204 Å². The summed E-state index contributed by atoms with van der Waals surface area (Å²) < 4.78 is 16.0. The number of pyridine rings is 1. The molecular formula is C27H27N3O5. The van der Waals surface area contributed by atoms with Gasteiger partial charge in [0.25, 0.3) is 0 Å². The molecule has 8 nitrogen and oxygen atoms in total. The summed E-state index contributed by atoms with van der Waals surface area (Å²) >= 11 is 0. The Morgan fingerprint density at radius 1 is 0.914 bits per heavy atom. The van der Waals surface area contributed by atoms with Gasteiger partial charge in [-0.15, -0.1) is 0 Å². The summed E-state index contributed by atoms with van der Waals surface area (Å²) in [4.78, 5) is 34.3. The summed E-state index contributed by atoms with van der Waals surface area (Å²) in [5.41, 5.74) is 3.06. The summed E-state index contributed by atoms with van der Waals surface area (Å²) in [6.07, 6.45) is 2.62. The Bertz CT molecular complexity index is 1180. The summed E-state index contributed by atoms with van der Waals surface area (Å²) in [5, 5.41) is 2.82. The molecular weight excluding hydrogens is 446 g/mol. The van der Waals surface area contributed by atoms with Gasteiger partial charge in [0.05, 0.1) is 20.3 Å². The fourth-order valence-electron chi connectivity index (χ4n) is 3.98. The average Bonchev–Trinajstić information content (AvgIpc) is 2.91. The van der Waals surface area contributed by atoms with Gasteiger partial charge in [-0.2, -0.15) is 0 Å². The first kappa shape index (κ1) is 23.9. The van der Waals surface area contributed by atoms with Gasteiger partial charge >= 0.3 is 12.0 Å². The maximum absolute atomic E-state index is 13.4. The molecule has 35 heavy (non-hydrogen) atoms. The molecule has 1 aromatic heterocycles. The first-order valence-corrected chi connectivity index (χ1v) is 11.3. The highest BCUT2D eigenvalue weighted by Gasteiger charge is 2.39. The summed E-state index contributed by atoms with van der Waals surface area (Å²) in [7, 11) is 3.14. The minimum Gasteiger partial charge on any atom is -0.497 e. The molecule has 4 rings (SSSR count). The summed E-state index contributed by atoms with van der Waals surface area (Å²) in [6.45, 7) is 0.128. The standard InChI is InChI=1S/C27H27N3O5/c1-33-21-12-8-18(9-13-21)10-14-22-24(26(31)35-17-19-6-4-3-5-7-19)25(30-27(32)29-22)20-11-15-23(34-2)28-16-20/h3-9,11-13,15-16,24-25H,10,14,17H2,1-2H3,(H,30,32). The van der Waals surface area contributed by atoms with E-state index in [0.717, 1.165) is 16.9 Å². The molecule has 0 fully saturated rings. The van der Waals surface area contributed by atoms with Crippen molar-refractivity contribution in [1.82, 2.24) is 10.3 Å². The molecule has 3 aromatic rings. The molecule has 2 unspecified atom stereocenters. The lowest BCUT2D eigenvalue weighted by Gasteiger charge is -2.31. The van der Waals surface area contributed by atoms with Crippen LogP contribution in [0, 0.1) is 5.92 Å². The van der Waals surface area contributed by atoms with Crippen LogP contribution in [0.25, 0.3) is 0 Å². The largest absolute Gasteiger partial charge is 0.497 e. The number of carbonyl (C=O) groups is 2. The Balaban J connectivity index is 1.58. The van der Waals surface area contributed by atoms with Crippen molar-refractivity contribution < 1.29 is 23.8 Å². The Kier molecular flexibility index (Phi) is 7.72. The number of ether oxygens (including phenoxy) is 3. The molecule has 2 atom stereocenters. The minimum atomic E-state index is -0.787. The number of carbonyl (C=O) groups excluding carboxylic acids is 2. The topological polar surface area (TPSA) is 99.1 Å². The van der Waals surface area contributed by atoms with Gasteiger partial charge in [0.1, 0.15) is 18.3 Å². The monoisotopic (exact) mass is 473 g/mol. The van der Waals surface area contributed by atoms with E-state index in [1.807, 2.05) is 54.6 Å². The van der Waals surface area contributed by atoms with Crippen LogP contribution in [0.5, 0.6) is 11.6 Å². The van der Waals surface area contributed by atoms with E-state index in [1.165, 1.54) is 7.11 Å². The zero-order valence-electron chi connectivity index (χ0n) is 19.6. The van der Waals surface area contributed by atoms with Crippen molar-refractivity contribution in [1.29, 1.82) is 0 Å². The average molecular weight is 474 g/mol. The summed E-state index contributed by atoms with van der Waals surface area (Å²) in [5.74, 6) is -0.0435. The first-order chi connectivity index (χ1) is 17.1. The number of aliphatic imine (C=N–C) groups is 1. The van der Waals surface area contributed by atoms with E-state index in [2.05, 4.69) is 15.3 Å².